The molecule has 2 rings (SSSR count). The van der Waals surface area contributed by atoms with Gasteiger partial charge in [-0.2, -0.15) is 5.10 Å². The lowest BCUT2D eigenvalue weighted by atomic mass is 10.1. The minimum Gasteiger partial charge on any atom is -0.275 e. The predicted octanol–water partition coefficient (Wildman–Crippen LogP) is 2.99. The summed E-state index contributed by atoms with van der Waals surface area (Å²) in [5, 5.41) is 3.99. The zero-order valence-electron chi connectivity index (χ0n) is 7.54. The fraction of sp³-hybridized carbons (Fsp3) is 0.100. The highest BCUT2D eigenvalue weighted by atomic mass is 79.9. The number of nitrogens with zero attached hydrogens (tertiary/aromatic N) is 2. The van der Waals surface area contributed by atoms with Crippen molar-refractivity contribution >= 4 is 15.9 Å². The maximum Gasteiger partial charge on any atom is 0.132 e. The van der Waals surface area contributed by atoms with Crippen LogP contribution in [0.15, 0.2) is 35.1 Å². The Morgan fingerprint density at radius 1 is 1.43 bits per heavy atom. The van der Waals surface area contributed by atoms with Gasteiger partial charge in [0.1, 0.15) is 5.82 Å². The summed E-state index contributed by atoms with van der Waals surface area (Å²) in [4.78, 5) is 0. The van der Waals surface area contributed by atoms with E-state index in [1.54, 1.807) is 30.2 Å². The molecule has 4 heteroatoms. The molecule has 0 bridgehead atoms. The molecule has 2 nitrogen and oxygen atoms in total. The Balaban J connectivity index is 2.52. The highest BCUT2D eigenvalue weighted by molar-refractivity contribution is 9.10. The van der Waals surface area contributed by atoms with E-state index in [0.29, 0.717) is 5.56 Å². The molecule has 1 aromatic carbocycles. The van der Waals surface area contributed by atoms with Crippen molar-refractivity contribution in [1.82, 2.24) is 9.78 Å². The second kappa shape index (κ2) is 3.53. The van der Waals surface area contributed by atoms with Crippen LogP contribution in [0.25, 0.3) is 11.1 Å². The maximum absolute atomic E-state index is 13.5. The van der Waals surface area contributed by atoms with Gasteiger partial charge >= 0.3 is 0 Å². The van der Waals surface area contributed by atoms with Gasteiger partial charge < -0.3 is 0 Å². The Morgan fingerprint density at radius 2 is 2.21 bits per heavy atom. The van der Waals surface area contributed by atoms with E-state index in [-0.39, 0.29) is 5.82 Å². The quantitative estimate of drug-likeness (QED) is 0.765. The van der Waals surface area contributed by atoms with Gasteiger partial charge in [0.15, 0.2) is 0 Å². The molecule has 72 valence electrons. The number of rotatable bonds is 1. The predicted molar refractivity (Wildman–Crippen MR) is 56.3 cm³/mol. The lowest BCUT2D eigenvalue weighted by molar-refractivity contribution is 0.630. The number of aromatic nitrogens is 2. The Bertz CT molecular complexity index is 465. The molecule has 0 saturated carbocycles. The summed E-state index contributed by atoms with van der Waals surface area (Å²) < 4.78 is 15.9. The van der Waals surface area contributed by atoms with Crippen molar-refractivity contribution < 1.29 is 4.39 Å². The Morgan fingerprint density at radius 3 is 2.79 bits per heavy atom. The van der Waals surface area contributed by atoms with Crippen molar-refractivity contribution in [1.29, 1.82) is 0 Å². The Labute approximate surface area is 89.5 Å². The first-order chi connectivity index (χ1) is 6.66. The summed E-state index contributed by atoms with van der Waals surface area (Å²) in [6.45, 7) is 0. The van der Waals surface area contributed by atoms with E-state index in [4.69, 9.17) is 0 Å². The van der Waals surface area contributed by atoms with Crippen molar-refractivity contribution in [3.63, 3.8) is 0 Å². The molecule has 0 amide bonds. The SMILES string of the molecule is Cn1cc(-c2ccc(Br)cc2F)cn1. The average molecular weight is 255 g/mol. The van der Waals surface area contributed by atoms with E-state index < -0.39 is 0 Å². The first kappa shape index (κ1) is 9.40. The first-order valence-corrected chi connectivity index (χ1v) is 4.90. The minimum atomic E-state index is -0.243. The topological polar surface area (TPSA) is 17.8 Å². The summed E-state index contributed by atoms with van der Waals surface area (Å²) in [7, 11) is 1.81. The third-order valence-electron chi connectivity index (χ3n) is 1.95. The van der Waals surface area contributed by atoms with Crippen LogP contribution >= 0.6 is 15.9 Å². The van der Waals surface area contributed by atoms with E-state index in [1.807, 2.05) is 6.07 Å². The molecule has 0 aliphatic rings. The van der Waals surface area contributed by atoms with Crippen molar-refractivity contribution in [3.8, 4) is 11.1 Å². The van der Waals surface area contributed by atoms with Crippen LogP contribution in [0.2, 0.25) is 0 Å². The third-order valence-corrected chi connectivity index (χ3v) is 2.44. The molecule has 0 aliphatic carbocycles. The number of hydrogen-bond acceptors (Lipinski definition) is 1. The molecule has 1 aromatic heterocycles. The molecule has 1 heterocycles. The van der Waals surface area contributed by atoms with Crippen LogP contribution < -0.4 is 0 Å². The first-order valence-electron chi connectivity index (χ1n) is 4.11. The summed E-state index contributed by atoms with van der Waals surface area (Å²) >= 11 is 3.21. The molecule has 0 radical (unpaired) electrons. The number of hydrogen-bond donors (Lipinski definition) is 0. The van der Waals surface area contributed by atoms with E-state index in [9.17, 15) is 4.39 Å². The number of halogens is 2. The second-order valence-electron chi connectivity index (χ2n) is 3.03. The van der Waals surface area contributed by atoms with E-state index >= 15 is 0 Å². The number of benzene rings is 1. The van der Waals surface area contributed by atoms with Gasteiger partial charge in [0.2, 0.25) is 0 Å². The van der Waals surface area contributed by atoms with Crippen LogP contribution in [0.1, 0.15) is 0 Å². The lowest BCUT2D eigenvalue weighted by Crippen LogP contribution is -1.85. The van der Waals surface area contributed by atoms with Gasteiger partial charge in [-0.3, -0.25) is 4.68 Å². The van der Waals surface area contributed by atoms with E-state index in [1.165, 1.54) is 6.07 Å². The minimum absolute atomic E-state index is 0.243. The van der Waals surface area contributed by atoms with Gasteiger partial charge in [-0.1, -0.05) is 22.0 Å². The molecular formula is C10H8BrFN2. The average Bonchev–Trinajstić information content (AvgIpc) is 2.51. The lowest BCUT2D eigenvalue weighted by Gasteiger charge is -1.99. The Hall–Kier alpha value is -1.16. The summed E-state index contributed by atoms with van der Waals surface area (Å²) in [6, 6.07) is 4.99. The van der Waals surface area contributed by atoms with Crippen LogP contribution in [0, 0.1) is 5.82 Å². The number of aryl methyl sites for hydroxylation is 1. The zero-order valence-corrected chi connectivity index (χ0v) is 9.12. The molecule has 0 N–H and O–H groups in total. The Kier molecular flexibility index (Phi) is 2.37. The van der Waals surface area contributed by atoms with Gasteiger partial charge in [0, 0.05) is 28.8 Å². The highest BCUT2D eigenvalue weighted by Crippen LogP contribution is 2.24. The molecule has 0 saturated heterocycles. The molecule has 0 fully saturated rings. The van der Waals surface area contributed by atoms with Crippen molar-refractivity contribution in [2.75, 3.05) is 0 Å². The maximum atomic E-state index is 13.5. The molecule has 0 unspecified atom stereocenters. The van der Waals surface area contributed by atoms with Gasteiger partial charge in [0.25, 0.3) is 0 Å². The van der Waals surface area contributed by atoms with E-state index in [2.05, 4.69) is 21.0 Å². The van der Waals surface area contributed by atoms with Crippen LogP contribution in [-0.4, -0.2) is 9.78 Å². The monoisotopic (exact) mass is 254 g/mol. The fourth-order valence-electron chi connectivity index (χ4n) is 1.28. The van der Waals surface area contributed by atoms with Crippen molar-refractivity contribution in [3.05, 3.63) is 40.9 Å². The molecule has 14 heavy (non-hydrogen) atoms. The summed E-state index contributed by atoms with van der Waals surface area (Å²) in [5.41, 5.74) is 1.36. The molecule has 0 spiro atoms. The second-order valence-corrected chi connectivity index (χ2v) is 3.94. The molecule has 0 atom stereocenters. The van der Waals surface area contributed by atoms with Crippen LogP contribution in [0.3, 0.4) is 0 Å². The van der Waals surface area contributed by atoms with Gasteiger partial charge in [-0.05, 0) is 12.1 Å². The standard InChI is InChI=1S/C10H8BrFN2/c1-14-6-7(5-13-14)9-3-2-8(11)4-10(9)12/h2-6H,1H3. The fourth-order valence-corrected chi connectivity index (χ4v) is 1.62. The molecule has 2 aromatic rings. The van der Waals surface area contributed by atoms with Gasteiger partial charge in [-0.25, -0.2) is 4.39 Å². The smallest absolute Gasteiger partial charge is 0.132 e. The van der Waals surface area contributed by atoms with Crippen LogP contribution in [0.4, 0.5) is 4.39 Å². The van der Waals surface area contributed by atoms with Crippen LogP contribution in [0.5, 0.6) is 0 Å². The molecule has 0 aliphatic heterocycles. The van der Waals surface area contributed by atoms with E-state index in [0.717, 1.165) is 10.0 Å². The highest BCUT2D eigenvalue weighted by Gasteiger charge is 2.06. The normalized spacial score (nSPS) is 10.5. The van der Waals surface area contributed by atoms with Crippen molar-refractivity contribution in [2.24, 2.45) is 7.05 Å². The van der Waals surface area contributed by atoms with Crippen LogP contribution in [-0.2, 0) is 7.05 Å². The largest absolute Gasteiger partial charge is 0.275 e. The summed E-state index contributed by atoms with van der Waals surface area (Å²) in [5.74, 6) is -0.243. The summed E-state index contributed by atoms with van der Waals surface area (Å²) in [6.07, 6.45) is 3.43. The van der Waals surface area contributed by atoms with Gasteiger partial charge in [0.05, 0.1) is 6.20 Å². The zero-order chi connectivity index (χ0) is 10.1. The van der Waals surface area contributed by atoms with Crippen molar-refractivity contribution in [2.45, 2.75) is 0 Å². The molecular weight excluding hydrogens is 247 g/mol. The third kappa shape index (κ3) is 1.70. The van der Waals surface area contributed by atoms with Gasteiger partial charge in [-0.15, -0.1) is 0 Å².